The lowest BCUT2D eigenvalue weighted by molar-refractivity contribution is -0.158. The quantitative estimate of drug-likeness (QED) is 0.558. The van der Waals surface area contributed by atoms with Gasteiger partial charge >= 0.3 is 5.97 Å². The van der Waals surface area contributed by atoms with Crippen molar-refractivity contribution in [1.29, 1.82) is 0 Å². The van der Waals surface area contributed by atoms with Crippen LogP contribution in [0, 0.1) is 0 Å². The van der Waals surface area contributed by atoms with Crippen molar-refractivity contribution in [3.05, 3.63) is 0 Å². The molecule has 6 heteroatoms. The van der Waals surface area contributed by atoms with Gasteiger partial charge in [-0.3, -0.25) is 14.5 Å². The van der Waals surface area contributed by atoms with Gasteiger partial charge in [0.15, 0.2) is 0 Å². The maximum Gasteiger partial charge on any atom is 0.330 e. The molecule has 0 fully saturated rings. The number of amides is 2. The van der Waals surface area contributed by atoms with Crippen LogP contribution in [0.3, 0.4) is 0 Å². The Labute approximate surface area is 94.2 Å². The summed E-state index contributed by atoms with van der Waals surface area (Å²) in [5.41, 5.74) is 0. The van der Waals surface area contributed by atoms with Crippen LogP contribution in [0.1, 0.15) is 20.8 Å². The molecule has 86 valence electrons. The minimum atomic E-state index is -0.941. The molecular formula is C9H15NO4S. The third-order valence-corrected chi connectivity index (χ3v) is 2.07. The number of carbonyl (C=O) groups excluding carboxylic acids is 3. The van der Waals surface area contributed by atoms with E-state index in [0.717, 1.165) is 4.90 Å². The molecule has 0 heterocycles. The number of ether oxygens (including phenoxy) is 1. The van der Waals surface area contributed by atoms with E-state index in [1.165, 1.54) is 13.8 Å². The number of nitrogens with zero attached hydrogens (tertiary/aromatic N) is 1. The number of carbonyl (C=O) groups is 3. The van der Waals surface area contributed by atoms with Gasteiger partial charge in [-0.1, -0.05) is 0 Å². The molecule has 0 N–H and O–H groups in total. The zero-order valence-corrected chi connectivity index (χ0v) is 9.91. The highest BCUT2D eigenvalue weighted by atomic mass is 32.1. The predicted octanol–water partition coefficient (Wildman–Crippen LogP) is 0.243. The molecule has 0 aliphatic carbocycles. The molecule has 0 unspecified atom stereocenters. The number of esters is 1. The number of hydrogen-bond donors (Lipinski definition) is 1. The van der Waals surface area contributed by atoms with E-state index >= 15 is 0 Å². The van der Waals surface area contributed by atoms with Crippen LogP contribution >= 0.6 is 12.6 Å². The van der Waals surface area contributed by atoms with E-state index in [1.807, 2.05) is 0 Å². The van der Waals surface area contributed by atoms with Crippen LogP contribution in [-0.4, -0.2) is 41.1 Å². The number of rotatable bonds is 4. The van der Waals surface area contributed by atoms with Gasteiger partial charge in [0, 0.05) is 19.6 Å². The van der Waals surface area contributed by atoms with Crippen LogP contribution in [0.4, 0.5) is 0 Å². The Hall–Kier alpha value is -1.04. The minimum Gasteiger partial charge on any atom is -0.464 e. The Morgan fingerprint density at radius 2 is 1.73 bits per heavy atom. The highest BCUT2D eigenvalue weighted by Crippen LogP contribution is 2.06. The highest BCUT2D eigenvalue weighted by Gasteiger charge is 2.30. The molecule has 15 heavy (non-hydrogen) atoms. The standard InChI is InChI=1S/C9H15NO4S/c1-4-14-9(13)8(5-15)10(6(2)11)7(3)12/h8,15H,4-5H2,1-3H3/t8-/m1/s1. The van der Waals surface area contributed by atoms with Crippen molar-refractivity contribution in [3.63, 3.8) is 0 Å². The fourth-order valence-corrected chi connectivity index (χ4v) is 1.47. The maximum atomic E-state index is 11.4. The van der Waals surface area contributed by atoms with Crippen LogP contribution < -0.4 is 0 Å². The normalized spacial score (nSPS) is 11.7. The lowest BCUT2D eigenvalue weighted by atomic mass is 10.2. The third kappa shape index (κ3) is 3.91. The Morgan fingerprint density at radius 1 is 1.27 bits per heavy atom. The molecule has 0 aromatic carbocycles. The first-order valence-electron chi connectivity index (χ1n) is 4.53. The Kier molecular flexibility index (Phi) is 6.00. The monoisotopic (exact) mass is 233 g/mol. The minimum absolute atomic E-state index is 0.0536. The summed E-state index contributed by atoms with van der Waals surface area (Å²) in [7, 11) is 0. The molecule has 0 aromatic heterocycles. The van der Waals surface area contributed by atoms with Crippen molar-refractivity contribution in [1.82, 2.24) is 4.90 Å². The summed E-state index contributed by atoms with van der Waals surface area (Å²) in [6.07, 6.45) is 0. The van der Waals surface area contributed by atoms with E-state index in [2.05, 4.69) is 12.6 Å². The summed E-state index contributed by atoms with van der Waals surface area (Å²) in [4.78, 5) is 34.6. The lowest BCUT2D eigenvalue weighted by Crippen LogP contribution is -2.48. The topological polar surface area (TPSA) is 63.7 Å². The number of thiol groups is 1. The van der Waals surface area contributed by atoms with Crippen molar-refractivity contribution >= 4 is 30.4 Å². The van der Waals surface area contributed by atoms with E-state index in [4.69, 9.17) is 4.74 Å². The van der Waals surface area contributed by atoms with Crippen molar-refractivity contribution in [3.8, 4) is 0 Å². The molecule has 0 saturated heterocycles. The molecule has 0 saturated carbocycles. The summed E-state index contributed by atoms with van der Waals surface area (Å²) in [6, 6.07) is -0.941. The van der Waals surface area contributed by atoms with Gasteiger partial charge in [-0.15, -0.1) is 0 Å². The predicted molar refractivity (Wildman–Crippen MR) is 57.5 cm³/mol. The molecular weight excluding hydrogens is 218 g/mol. The van der Waals surface area contributed by atoms with Gasteiger partial charge in [0.25, 0.3) is 0 Å². The molecule has 0 aliphatic rings. The van der Waals surface area contributed by atoms with E-state index in [9.17, 15) is 14.4 Å². The SMILES string of the molecule is CCOC(=O)[C@@H](CS)N(C(C)=O)C(C)=O. The van der Waals surface area contributed by atoms with Gasteiger partial charge < -0.3 is 4.74 Å². The van der Waals surface area contributed by atoms with Crippen LogP contribution in [0.15, 0.2) is 0 Å². The first kappa shape index (κ1) is 14.0. The summed E-state index contributed by atoms with van der Waals surface area (Å²) >= 11 is 3.93. The van der Waals surface area contributed by atoms with E-state index < -0.39 is 23.8 Å². The zero-order chi connectivity index (χ0) is 12.0. The van der Waals surface area contributed by atoms with E-state index in [1.54, 1.807) is 6.92 Å². The van der Waals surface area contributed by atoms with Crippen LogP contribution in [-0.2, 0) is 19.1 Å². The molecule has 0 radical (unpaired) electrons. The van der Waals surface area contributed by atoms with Gasteiger partial charge in [0.05, 0.1) is 6.61 Å². The Morgan fingerprint density at radius 3 is 2.00 bits per heavy atom. The summed E-state index contributed by atoms with van der Waals surface area (Å²) in [5, 5.41) is 0. The molecule has 0 aromatic rings. The summed E-state index contributed by atoms with van der Waals surface area (Å²) in [6.45, 7) is 4.29. The second kappa shape index (κ2) is 6.44. The Bertz CT molecular complexity index is 253. The van der Waals surface area contributed by atoms with Crippen LogP contribution in [0.2, 0.25) is 0 Å². The Balaban J connectivity index is 4.82. The second-order valence-electron chi connectivity index (χ2n) is 2.86. The van der Waals surface area contributed by atoms with Gasteiger partial charge in [-0.2, -0.15) is 12.6 Å². The van der Waals surface area contributed by atoms with Crippen molar-refractivity contribution in [2.75, 3.05) is 12.4 Å². The van der Waals surface area contributed by atoms with Crippen molar-refractivity contribution in [2.45, 2.75) is 26.8 Å². The van der Waals surface area contributed by atoms with Gasteiger partial charge in [0.1, 0.15) is 6.04 Å². The zero-order valence-electron chi connectivity index (χ0n) is 9.02. The largest absolute Gasteiger partial charge is 0.464 e. The number of imide groups is 1. The fraction of sp³-hybridized carbons (Fsp3) is 0.667. The first-order valence-corrected chi connectivity index (χ1v) is 5.16. The molecule has 0 bridgehead atoms. The average molecular weight is 233 g/mol. The van der Waals surface area contributed by atoms with E-state index in [0.29, 0.717) is 0 Å². The highest BCUT2D eigenvalue weighted by molar-refractivity contribution is 7.80. The second-order valence-corrected chi connectivity index (χ2v) is 3.22. The van der Waals surface area contributed by atoms with Gasteiger partial charge in [0.2, 0.25) is 11.8 Å². The molecule has 0 rings (SSSR count). The number of hydrogen-bond acceptors (Lipinski definition) is 5. The third-order valence-electron chi connectivity index (χ3n) is 1.72. The summed E-state index contributed by atoms with van der Waals surface area (Å²) < 4.78 is 4.74. The smallest absolute Gasteiger partial charge is 0.330 e. The molecule has 1 atom stereocenters. The van der Waals surface area contributed by atoms with Gasteiger partial charge in [-0.25, -0.2) is 4.79 Å². The first-order chi connectivity index (χ1) is 6.95. The van der Waals surface area contributed by atoms with Crippen LogP contribution in [0.25, 0.3) is 0 Å². The summed E-state index contributed by atoms with van der Waals surface area (Å²) in [5.74, 6) is -1.54. The average Bonchev–Trinajstić information content (AvgIpc) is 2.12. The lowest BCUT2D eigenvalue weighted by Gasteiger charge is -2.24. The van der Waals surface area contributed by atoms with Crippen molar-refractivity contribution < 1.29 is 19.1 Å². The molecule has 0 spiro atoms. The van der Waals surface area contributed by atoms with E-state index in [-0.39, 0.29) is 12.4 Å². The maximum absolute atomic E-state index is 11.4. The van der Waals surface area contributed by atoms with Crippen LogP contribution in [0.5, 0.6) is 0 Å². The molecule has 5 nitrogen and oxygen atoms in total. The molecule has 2 amide bonds. The fourth-order valence-electron chi connectivity index (χ4n) is 1.16. The molecule has 0 aliphatic heterocycles. The van der Waals surface area contributed by atoms with Gasteiger partial charge in [-0.05, 0) is 6.92 Å². The van der Waals surface area contributed by atoms with Crippen molar-refractivity contribution in [2.24, 2.45) is 0 Å².